The Morgan fingerprint density at radius 3 is 2.42 bits per heavy atom. The van der Waals surface area contributed by atoms with Gasteiger partial charge < -0.3 is 9.94 Å². The van der Waals surface area contributed by atoms with E-state index in [-0.39, 0.29) is 11.7 Å². The Morgan fingerprint density at radius 1 is 1.26 bits per heavy atom. The fourth-order valence-corrected chi connectivity index (χ4v) is 3.31. The molecule has 0 saturated carbocycles. The molecule has 1 atom stereocenters. The van der Waals surface area contributed by atoms with Gasteiger partial charge in [0.25, 0.3) is 0 Å². The largest absolute Gasteiger partial charge is 0.379 e. The van der Waals surface area contributed by atoms with Crippen molar-refractivity contribution in [2.45, 2.75) is 45.2 Å². The third-order valence-corrected chi connectivity index (χ3v) is 4.51. The van der Waals surface area contributed by atoms with Crippen molar-refractivity contribution in [3.63, 3.8) is 0 Å². The average molecular weight is 270 g/mol. The molecular weight excluding hydrogens is 244 g/mol. The van der Waals surface area contributed by atoms with Gasteiger partial charge in [0.15, 0.2) is 0 Å². The highest BCUT2D eigenvalue weighted by Gasteiger charge is 2.51. The maximum Gasteiger partial charge on any atom is 0.141 e. The molecule has 2 rings (SSSR count). The zero-order chi connectivity index (χ0) is 14.3. The number of piperidine rings is 1. The molecule has 0 aromatic heterocycles. The maximum absolute atomic E-state index is 12.4. The number of ether oxygens (including phenoxy) is 1. The van der Waals surface area contributed by atoms with E-state index < -0.39 is 11.1 Å². The molecule has 2 fully saturated rings. The van der Waals surface area contributed by atoms with Crippen molar-refractivity contribution in [1.29, 1.82) is 0 Å². The van der Waals surface area contributed by atoms with E-state index in [0.717, 1.165) is 26.3 Å². The quantitative estimate of drug-likeness (QED) is 0.816. The van der Waals surface area contributed by atoms with Gasteiger partial charge in [0, 0.05) is 31.6 Å². The Hall–Kier alpha value is -0.490. The van der Waals surface area contributed by atoms with E-state index in [9.17, 15) is 10.0 Å². The molecule has 5 nitrogen and oxygen atoms in total. The molecule has 110 valence electrons. The van der Waals surface area contributed by atoms with Crippen molar-refractivity contribution in [2.75, 3.05) is 32.8 Å². The van der Waals surface area contributed by atoms with Gasteiger partial charge in [-0.15, -0.1) is 0 Å². The molecule has 2 aliphatic heterocycles. The van der Waals surface area contributed by atoms with E-state index in [1.165, 1.54) is 5.06 Å². The predicted molar refractivity (Wildman–Crippen MR) is 72.2 cm³/mol. The highest BCUT2D eigenvalue weighted by molar-refractivity contribution is 5.84. The summed E-state index contributed by atoms with van der Waals surface area (Å²) in [5, 5.41) is 11.8. The SMILES string of the molecule is CC1(C)CC(=O)C(CN2CCOCC2)C(C)(C)N1O. The number of hydrogen-bond acceptors (Lipinski definition) is 5. The van der Waals surface area contributed by atoms with Gasteiger partial charge in [0.2, 0.25) is 0 Å². The van der Waals surface area contributed by atoms with E-state index in [2.05, 4.69) is 4.90 Å². The first-order valence-electron chi connectivity index (χ1n) is 7.07. The van der Waals surface area contributed by atoms with E-state index >= 15 is 0 Å². The molecule has 1 N–H and O–H groups in total. The number of hydrogen-bond donors (Lipinski definition) is 1. The summed E-state index contributed by atoms with van der Waals surface area (Å²) in [6, 6.07) is 0. The van der Waals surface area contributed by atoms with Gasteiger partial charge in [-0.2, -0.15) is 5.06 Å². The summed E-state index contributed by atoms with van der Waals surface area (Å²) in [4.78, 5) is 14.7. The van der Waals surface area contributed by atoms with Crippen LogP contribution < -0.4 is 0 Å². The second-order valence-corrected chi connectivity index (χ2v) is 6.89. The molecule has 0 aromatic rings. The number of ketones is 1. The Bertz CT molecular complexity index is 349. The van der Waals surface area contributed by atoms with Crippen molar-refractivity contribution < 1.29 is 14.7 Å². The minimum absolute atomic E-state index is 0.149. The molecule has 2 heterocycles. The fraction of sp³-hybridized carbons (Fsp3) is 0.929. The predicted octanol–water partition coefficient (Wildman–Crippen LogP) is 1.16. The third kappa shape index (κ3) is 2.84. The van der Waals surface area contributed by atoms with E-state index in [1.54, 1.807) is 0 Å². The van der Waals surface area contributed by atoms with Crippen molar-refractivity contribution in [3.8, 4) is 0 Å². The number of carbonyl (C=O) groups excluding carboxylic acids is 1. The second-order valence-electron chi connectivity index (χ2n) is 6.89. The van der Waals surface area contributed by atoms with Crippen LogP contribution in [-0.2, 0) is 9.53 Å². The molecule has 2 aliphatic rings. The van der Waals surface area contributed by atoms with Gasteiger partial charge in [-0.3, -0.25) is 9.69 Å². The summed E-state index contributed by atoms with van der Waals surface area (Å²) >= 11 is 0. The third-order valence-electron chi connectivity index (χ3n) is 4.51. The van der Waals surface area contributed by atoms with Crippen LogP contribution >= 0.6 is 0 Å². The first kappa shape index (κ1) is 14.9. The first-order chi connectivity index (χ1) is 8.75. The number of carbonyl (C=O) groups is 1. The molecule has 0 radical (unpaired) electrons. The normalized spacial score (nSPS) is 32.5. The van der Waals surface area contributed by atoms with Gasteiger partial charge in [-0.25, -0.2) is 0 Å². The van der Waals surface area contributed by atoms with Crippen LogP contribution in [0.2, 0.25) is 0 Å². The van der Waals surface area contributed by atoms with E-state index in [4.69, 9.17) is 4.74 Å². The minimum Gasteiger partial charge on any atom is -0.379 e. The molecule has 2 saturated heterocycles. The van der Waals surface area contributed by atoms with Crippen LogP contribution in [0.1, 0.15) is 34.1 Å². The van der Waals surface area contributed by atoms with Gasteiger partial charge in [-0.05, 0) is 27.7 Å². The molecule has 0 amide bonds. The average Bonchev–Trinajstić information content (AvgIpc) is 2.34. The molecule has 0 bridgehead atoms. The molecule has 0 aromatic carbocycles. The standard InChI is InChI=1S/C14H26N2O3/c1-13(2)9-12(17)11(14(3,4)16(13)18)10-15-5-7-19-8-6-15/h11,18H,5-10H2,1-4H3. The van der Waals surface area contributed by atoms with Crippen LogP contribution in [0.15, 0.2) is 0 Å². The monoisotopic (exact) mass is 270 g/mol. The minimum atomic E-state index is -0.531. The zero-order valence-electron chi connectivity index (χ0n) is 12.5. The van der Waals surface area contributed by atoms with Crippen LogP contribution in [0, 0.1) is 5.92 Å². The lowest BCUT2D eigenvalue weighted by molar-refractivity contribution is -0.252. The van der Waals surface area contributed by atoms with Crippen LogP contribution in [0.4, 0.5) is 0 Å². The Labute approximate surface area is 115 Å². The summed E-state index contributed by atoms with van der Waals surface area (Å²) in [5.74, 6) is 0.107. The number of morpholine rings is 1. The zero-order valence-corrected chi connectivity index (χ0v) is 12.5. The van der Waals surface area contributed by atoms with E-state index in [1.807, 2.05) is 27.7 Å². The van der Waals surface area contributed by atoms with Crippen LogP contribution in [0.5, 0.6) is 0 Å². The topological polar surface area (TPSA) is 53.0 Å². The number of rotatable bonds is 2. The lowest BCUT2D eigenvalue weighted by atomic mass is 9.73. The smallest absolute Gasteiger partial charge is 0.141 e. The van der Waals surface area contributed by atoms with Crippen molar-refractivity contribution in [3.05, 3.63) is 0 Å². The first-order valence-corrected chi connectivity index (χ1v) is 7.07. The van der Waals surface area contributed by atoms with Crippen LogP contribution in [0.25, 0.3) is 0 Å². The highest BCUT2D eigenvalue weighted by Crippen LogP contribution is 2.39. The lowest BCUT2D eigenvalue weighted by Crippen LogP contribution is -2.66. The van der Waals surface area contributed by atoms with Gasteiger partial charge in [0.1, 0.15) is 5.78 Å². The number of nitrogens with zero attached hydrogens (tertiary/aromatic N) is 2. The highest BCUT2D eigenvalue weighted by atomic mass is 16.5. The van der Waals surface area contributed by atoms with Crippen molar-refractivity contribution >= 4 is 5.78 Å². The second kappa shape index (κ2) is 5.13. The van der Waals surface area contributed by atoms with E-state index in [0.29, 0.717) is 13.0 Å². The van der Waals surface area contributed by atoms with Crippen LogP contribution in [-0.4, -0.2) is 64.9 Å². The molecule has 0 aliphatic carbocycles. The summed E-state index contributed by atoms with van der Waals surface area (Å²) in [7, 11) is 0. The molecule has 19 heavy (non-hydrogen) atoms. The van der Waals surface area contributed by atoms with Gasteiger partial charge in [-0.1, -0.05) is 0 Å². The Balaban J connectivity index is 2.12. The molecule has 1 unspecified atom stereocenters. The number of hydroxylamine groups is 2. The summed E-state index contributed by atoms with van der Waals surface area (Å²) < 4.78 is 5.34. The maximum atomic E-state index is 12.4. The molecular formula is C14H26N2O3. The van der Waals surface area contributed by atoms with Gasteiger partial charge >= 0.3 is 0 Å². The van der Waals surface area contributed by atoms with Crippen molar-refractivity contribution in [1.82, 2.24) is 9.96 Å². The fourth-order valence-electron chi connectivity index (χ4n) is 3.31. The van der Waals surface area contributed by atoms with Crippen molar-refractivity contribution in [2.24, 2.45) is 5.92 Å². The molecule has 0 spiro atoms. The summed E-state index contributed by atoms with van der Waals surface area (Å²) in [5.41, 5.74) is -1.01. The summed E-state index contributed by atoms with van der Waals surface area (Å²) in [6.07, 6.45) is 0.405. The van der Waals surface area contributed by atoms with Crippen LogP contribution in [0.3, 0.4) is 0 Å². The summed E-state index contributed by atoms with van der Waals surface area (Å²) in [6.45, 7) is 11.7. The Morgan fingerprint density at radius 2 is 1.84 bits per heavy atom. The molecule has 5 heteroatoms. The van der Waals surface area contributed by atoms with Gasteiger partial charge in [0.05, 0.1) is 24.7 Å². The lowest BCUT2D eigenvalue weighted by Gasteiger charge is -2.52. The Kier molecular flexibility index (Phi) is 4.02. The number of Topliss-reactive ketones (excluding diaryl/α,β-unsaturated/α-hetero) is 1.